The summed E-state index contributed by atoms with van der Waals surface area (Å²) in [4.78, 5) is 144. The second-order valence-electron chi connectivity index (χ2n) is 23.9. The van der Waals surface area contributed by atoms with Gasteiger partial charge < -0.3 is 171 Å². The normalized spacial score (nSPS) is 7.73. The molecule has 8 rings (SSSR count). The van der Waals surface area contributed by atoms with Crippen LogP contribution in [-0.4, -0.2) is 282 Å². The standard InChI is InChI=1S/8C8H11NO.16C2H4O2.4K.4H/c8*9-6-7-10-8-4-2-1-3-5-8;16*1-2(3)4;;;;;;;;/h8*1-5H,6-7,9H2;16*1H3,(H,3,4);;;;;;;;/q;;;;;;;;;;;;;;;;;;;;;;;;4*+1;4*-1. The summed E-state index contributed by atoms with van der Waals surface area (Å²) in [5.74, 6) is -6.27. The van der Waals surface area contributed by atoms with Crippen molar-refractivity contribution in [3.05, 3.63) is 243 Å². The van der Waals surface area contributed by atoms with Crippen molar-refractivity contribution < 1.29 is 408 Å². The van der Waals surface area contributed by atoms with Gasteiger partial charge >= 0.3 is 206 Å². The monoisotopic (exact) mass is 2220 g/mol. The molecule has 0 heterocycles. The minimum absolute atomic E-state index is 0. The summed E-state index contributed by atoms with van der Waals surface area (Å²) in [6.45, 7) is 26.5. The van der Waals surface area contributed by atoms with Crippen molar-refractivity contribution in [2.24, 2.45) is 45.9 Å². The molecule has 0 aliphatic carbocycles. The molecule has 0 fully saturated rings. The Kier molecular flexibility index (Phi) is 200. The fourth-order valence-electron chi connectivity index (χ4n) is 5.55. The molecule has 32 N–H and O–H groups in total. The first-order valence-electron chi connectivity index (χ1n) is 41.3. The maximum absolute atomic E-state index is 9.00. The molecule has 48 nitrogen and oxygen atoms in total. The zero-order valence-electron chi connectivity index (χ0n) is 92.0. The smallest absolute Gasteiger partial charge is 1.00 e. The van der Waals surface area contributed by atoms with Gasteiger partial charge in [-0.05, 0) is 97.1 Å². The number of ether oxygens (including phenoxy) is 8. The second-order valence-corrected chi connectivity index (χ2v) is 23.9. The van der Waals surface area contributed by atoms with Crippen molar-refractivity contribution in [2.45, 2.75) is 111 Å². The summed E-state index contributed by atoms with van der Waals surface area (Å²) in [7, 11) is 0. The third-order valence-corrected chi connectivity index (χ3v) is 9.04. The van der Waals surface area contributed by atoms with Gasteiger partial charge in [-0.25, -0.2) is 0 Å². The van der Waals surface area contributed by atoms with E-state index in [-0.39, 0.29) is 211 Å². The van der Waals surface area contributed by atoms with Crippen LogP contribution in [0.1, 0.15) is 116 Å². The Morgan fingerprint density at radius 1 is 0.149 bits per heavy atom. The number of carboxylic acids is 16. The van der Waals surface area contributed by atoms with Crippen LogP contribution in [0.15, 0.2) is 243 Å². The molecule has 8 aromatic carbocycles. The number of rotatable bonds is 24. The molecule has 0 radical (unpaired) electrons. The molecule has 148 heavy (non-hydrogen) atoms. The molecule has 0 aromatic heterocycles. The van der Waals surface area contributed by atoms with Crippen LogP contribution in [0.2, 0.25) is 0 Å². The first-order valence-corrected chi connectivity index (χ1v) is 41.3. The van der Waals surface area contributed by atoms with E-state index in [9.17, 15) is 0 Å². The van der Waals surface area contributed by atoms with Gasteiger partial charge in [0.25, 0.3) is 95.5 Å². The Morgan fingerprint density at radius 2 is 0.196 bits per heavy atom. The maximum Gasteiger partial charge on any atom is 1.00 e. The zero-order chi connectivity index (χ0) is 115. The van der Waals surface area contributed by atoms with Crippen LogP contribution >= 0.6 is 0 Å². The molecule has 0 amide bonds. The van der Waals surface area contributed by atoms with Crippen LogP contribution in [0.4, 0.5) is 0 Å². The second kappa shape index (κ2) is 160. The summed E-state index contributed by atoms with van der Waals surface area (Å²) in [6.07, 6.45) is 0. The molecule has 0 saturated heterocycles. The SMILES string of the molecule is CC(=O)O.CC(=O)O.CC(=O)O.CC(=O)O.CC(=O)O.CC(=O)O.CC(=O)O.CC(=O)O.CC(=O)O.CC(=O)O.CC(=O)O.CC(=O)O.CC(=O)O.CC(=O)O.CC(=O)O.CC(=O)O.NCCOc1ccccc1.NCCOc1ccccc1.NCCOc1ccccc1.NCCOc1ccccc1.NCCOc1ccccc1.NCCOc1ccccc1.NCCOc1ccccc1.NCCOc1ccccc1.[H-].[H-].[H-].[H-].[K+].[K+].[K+].[K+]. The van der Waals surface area contributed by atoms with Crippen LogP contribution in [0.25, 0.3) is 0 Å². The number of nitrogens with two attached hydrogens (primary N) is 8. The molecule has 8 aromatic rings. The quantitative estimate of drug-likeness (QED) is 0.0294. The number of aliphatic carboxylic acids is 16. The molecular weight excluding hydrogens is 2060 g/mol. The number of benzene rings is 8. The third kappa shape index (κ3) is 335. The van der Waals surface area contributed by atoms with Crippen molar-refractivity contribution in [3.8, 4) is 46.0 Å². The first kappa shape index (κ1) is 186. The van der Waals surface area contributed by atoms with Gasteiger partial charge in [-0.1, -0.05) is 146 Å². The van der Waals surface area contributed by atoms with Gasteiger partial charge in [-0.15, -0.1) is 0 Å². The van der Waals surface area contributed by atoms with E-state index >= 15 is 0 Å². The van der Waals surface area contributed by atoms with Gasteiger partial charge in [0.05, 0.1) is 0 Å². The number of carbonyl (C=O) groups is 16. The van der Waals surface area contributed by atoms with Crippen LogP contribution in [0, 0.1) is 0 Å². The van der Waals surface area contributed by atoms with E-state index in [4.69, 9.17) is 242 Å². The Labute approximate surface area is 1040 Å². The van der Waals surface area contributed by atoms with E-state index in [1.807, 2.05) is 243 Å². The predicted octanol–water partition coefficient (Wildman–Crippen LogP) is -1.89. The van der Waals surface area contributed by atoms with E-state index < -0.39 is 95.5 Å². The van der Waals surface area contributed by atoms with Gasteiger partial charge in [-0.3, -0.25) is 76.7 Å². The molecule has 0 aliphatic heterocycles. The number of para-hydroxylation sites is 8. The zero-order valence-corrected chi connectivity index (χ0v) is 100. The molecular formula is C96H156K4N8O40. The van der Waals surface area contributed by atoms with Crippen molar-refractivity contribution in [1.29, 1.82) is 0 Å². The number of carboxylic acid groups (broad SMARTS) is 16. The van der Waals surface area contributed by atoms with Crippen molar-refractivity contribution >= 4 is 95.5 Å². The molecule has 0 atom stereocenters. The van der Waals surface area contributed by atoms with Crippen molar-refractivity contribution in [3.63, 3.8) is 0 Å². The molecule has 0 spiro atoms. The predicted molar refractivity (Wildman–Crippen MR) is 545 cm³/mol. The molecule has 0 aliphatic rings. The topological polar surface area (TPSA) is 879 Å². The third-order valence-electron chi connectivity index (χ3n) is 9.04. The maximum atomic E-state index is 9.00. The molecule has 0 bridgehead atoms. The van der Waals surface area contributed by atoms with Crippen molar-refractivity contribution in [1.82, 2.24) is 0 Å². The van der Waals surface area contributed by atoms with Crippen LogP contribution in [0.3, 0.4) is 0 Å². The van der Waals surface area contributed by atoms with Gasteiger partial charge in [0, 0.05) is 163 Å². The molecule has 824 valence electrons. The summed E-state index contributed by atoms with van der Waals surface area (Å²) < 4.78 is 41.8. The average Bonchev–Trinajstić information content (AvgIpc) is 1.01. The Morgan fingerprint density at radius 3 is 0.236 bits per heavy atom. The Bertz CT molecular complexity index is 3320. The minimum atomic E-state index is -0.833. The van der Waals surface area contributed by atoms with Gasteiger partial charge in [-0.2, -0.15) is 0 Å². The largest absolute Gasteiger partial charge is 1.00 e. The average molecular weight is 2220 g/mol. The van der Waals surface area contributed by atoms with Crippen LogP contribution < -0.4 is 289 Å². The Hall–Kier alpha value is -10.1. The summed E-state index contributed by atoms with van der Waals surface area (Å²) in [5.41, 5.74) is 42.0. The van der Waals surface area contributed by atoms with E-state index in [0.29, 0.717) is 105 Å². The molecule has 0 saturated carbocycles. The van der Waals surface area contributed by atoms with Crippen LogP contribution in [-0.2, 0) is 76.7 Å². The summed E-state index contributed by atoms with van der Waals surface area (Å²) in [5, 5.41) is 119. The minimum Gasteiger partial charge on any atom is -1.00 e. The van der Waals surface area contributed by atoms with E-state index in [2.05, 4.69) is 0 Å². The summed E-state index contributed by atoms with van der Waals surface area (Å²) >= 11 is 0. The van der Waals surface area contributed by atoms with Gasteiger partial charge in [0.15, 0.2) is 0 Å². The van der Waals surface area contributed by atoms with Gasteiger partial charge in [0.1, 0.15) is 98.9 Å². The fraction of sp³-hybridized carbons (Fsp3) is 0.333. The van der Waals surface area contributed by atoms with E-state index in [1.54, 1.807) is 0 Å². The summed E-state index contributed by atoms with van der Waals surface area (Å²) in [6, 6.07) is 77.2. The van der Waals surface area contributed by atoms with Crippen LogP contribution in [0.5, 0.6) is 46.0 Å². The fourth-order valence-corrected chi connectivity index (χ4v) is 5.55. The number of hydrogen-bond acceptors (Lipinski definition) is 32. The molecule has 0 unspecified atom stereocenters. The molecule has 52 heteroatoms. The Balaban J connectivity index is -0.0000000516. The van der Waals surface area contributed by atoms with E-state index in [1.165, 1.54) is 0 Å². The van der Waals surface area contributed by atoms with Gasteiger partial charge in [0.2, 0.25) is 0 Å². The van der Waals surface area contributed by atoms with Crippen molar-refractivity contribution in [2.75, 3.05) is 105 Å². The first-order chi connectivity index (χ1) is 67.2. The van der Waals surface area contributed by atoms with E-state index in [0.717, 1.165) is 157 Å². The number of hydrogen-bond donors (Lipinski definition) is 24.